The lowest BCUT2D eigenvalue weighted by atomic mass is 10.1. The highest BCUT2D eigenvalue weighted by Crippen LogP contribution is 2.03. The lowest BCUT2D eigenvalue weighted by Crippen LogP contribution is -2.38. The molecule has 0 heterocycles. The first-order valence-electron chi connectivity index (χ1n) is 6.31. The van der Waals surface area contributed by atoms with Crippen LogP contribution in [0.15, 0.2) is 30.3 Å². The molecule has 0 spiro atoms. The van der Waals surface area contributed by atoms with Gasteiger partial charge in [0.2, 0.25) is 5.91 Å². The maximum absolute atomic E-state index is 11.6. The molecule has 1 aromatic carbocycles. The van der Waals surface area contributed by atoms with Gasteiger partial charge in [-0.1, -0.05) is 30.3 Å². The normalized spacial score (nSPS) is 12.1. The standard InChI is InChI=1S/C14H21NO3/c16-9-5-4-8-14(18)15-13(11-17)10-12-6-2-1-3-7-12/h1-3,6-7,13,16-17H,4-5,8-11H2,(H,15,18)/t13-/m0/s1. The predicted octanol–water partition coefficient (Wildman–Crippen LogP) is 0.869. The van der Waals surface area contributed by atoms with Gasteiger partial charge in [-0.3, -0.25) is 4.79 Å². The lowest BCUT2D eigenvalue weighted by Gasteiger charge is -2.16. The summed E-state index contributed by atoms with van der Waals surface area (Å²) in [5, 5.41) is 20.7. The van der Waals surface area contributed by atoms with Gasteiger partial charge in [0.25, 0.3) is 0 Å². The molecule has 0 saturated heterocycles. The first-order chi connectivity index (χ1) is 8.76. The molecule has 1 rings (SSSR count). The fraction of sp³-hybridized carbons (Fsp3) is 0.500. The molecule has 0 fully saturated rings. The first kappa shape index (κ1) is 14.7. The van der Waals surface area contributed by atoms with E-state index in [0.29, 0.717) is 25.7 Å². The van der Waals surface area contributed by atoms with E-state index in [1.54, 1.807) is 0 Å². The van der Waals surface area contributed by atoms with Crippen LogP contribution in [-0.4, -0.2) is 35.4 Å². The SMILES string of the molecule is O=C(CCCCO)N[C@H](CO)Cc1ccccc1. The van der Waals surface area contributed by atoms with Gasteiger partial charge in [-0.25, -0.2) is 0 Å². The highest BCUT2D eigenvalue weighted by Gasteiger charge is 2.11. The second kappa shape index (κ2) is 8.66. The summed E-state index contributed by atoms with van der Waals surface area (Å²) in [4.78, 5) is 11.6. The molecule has 1 amide bonds. The van der Waals surface area contributed by atoms with E-state index in [9.17, 15) is 9.90 Å². The molecule has 4 nitrogen and oxygen atoms in total. The number of rotatable bonds is 8. The minimum atomic E-state index is -0.242. The molecule has 0 saturated carbocycles. The number of hydrogen-bond acceptors (Lipinski definition) is 3. The average molecular weight is 251 g/mol. The van der Waals surface area contributed by atoms with Gasteiger partial charge in [0.1, 0.15) is 0 Å². The van der Waals surface area contributed by atoms with Crippen LogP contribution in [0.5, 0.6) is 0 Å². The maximum Gasteiger partial charge on any atom is 0.220 e. The zero-order valence-electron chi connectivity index (χ0n) is 10.5. The fourth-order valence-electron chi connectivity index (χ4n) is 1.76. The molecule has 4 heteroatoms. The molecule has 0 aliphatic rings. The Balaban J connectivity index is 2.35. The van der Waals surface area contributed by atoms with Crippen LogP contribution < -0.4 is 5.32 Å². The monoisotopic (exact) mass is 251 g/mol. The van der Waals surface area contributed by atoms with E-state index in [1.165, 1.54) is 0 Å². The number of nitrogens with one attached hydrogen (secondary N) is 1. The van der Waals surface area contributed by atoms with Crippen LogP contribution in [0.25, 0.3) is 0 Å². The molecule has 0 aromatic heterocycles. The van der Waals surface area contributed by atoms with Crippen LogP contribution in [0.1, 0.15) is 24.8 Å². The van der Waals surface area contributed by atoms with Crippen molar-refractivity contribution in [2.45, 2.75) is 31.7 Å². The Hall–Kier alpha value is -1.39. The Bertz CT molecular complexity index is 340. The van der Waals surface area contributed by atoms with E-state index < -0.39 is 0 Å². The van der Waals surface area contributed by atoms with Crippen LogP contribution in [-0.2, 0) is 11.2 Å². The minimum absolute atomic E-state index is 0.0688. The Morgan fingerprint density at radius 3 is 2.50 bits per heavy atom. The van der Waals surface area contributed by atoms with Gasteiger partial charge in [0.15, 0.2) is 0 Å². The summed E-state index contributed by atoms with van der Waals surface area (Å²) in [7, 11) is 0. The van der Waals surface area contributed by atoms with Gasteiger partial charge in [0.05, 0.1) is 12.6 Å². The topological polar surface area (TPSA) is 69.6 Å². The predicted molar refractivity (Wildman–Crippen MR) is 70.1 cm³/mol. The number of hydrogen-bond donors (Lipinski definition) is 3. The fourth-order valence-corrected chi connectivity index (χ4v) is 1.76. The third kappa shape index (κ3) is 5.80. The molecule has 0 unspecified atom stereocenters. The van der Waals surface area contributed by atoms with Gasteiger partial charge in [-0.15, -0.1) is 0 Å². The minimum Gasteiger partial charge on any atom is -0.396 e. The summed E-state index contributed by atoms with van der Waals surface area (Å²) in [5.74, 6) is -0.0709. The van der Waals surface area contributed by atoms with Gasteiger partial charge < -0.3 is 15.5 Å². The summed E-state index contributed by atoms with van der Waals surface area (Å²) in [6.07, 6.45) is 2.33. The summed E-state index contributed by atoms with van der Waals surface area (Å²) in [5.41, 5.74) is 1.09. The van der Waals surface area contributed by atoms with E-state index in [2.05, 4.69) is 5.32 Å². The number of benzene rings is 1. The lowest BCUT2D eigenvalue weighted by molar-refractivity contribution is -0.122. The van der Waals surface area contributed by atoms with Crippen LogP contribution >= 0.6 is 0 Å². The highest BCUT2D eigenvalue weighted by atomic mass is 16.3. The third-order valence-electron chi connectivity index (χ3n) is 2.72. The Morgan fingerprint density at radius 1 is 1.17 bits per heavy atom. The zero-order valence-corrected chi connectivity index (χ0v) is 10.5. The summed E-state index contributed by atoms with van der Waals surface area (Å²) in [6, 6.07) is 9.51. The quantitative estimate of drug-likeness (QED) is 0.600. The van der Waals surface area contributed by atoms with Gasteiger partial charge in [-0.2, -0.15) is 0 Å². The van der Waals surface area contributed by atoms with E-state index in [0.717, 1.165) is 5.56 Å². The average Bonchev–Trinajstić information content (AvgIpc) is 2.39. The molecule has 0 radical (unpaired) electrons. The molecule has 3 N–H and O–H groups in total. The maximum atomic E-state index is 11.6. The van der Waals surface area contributed by atoms with Crippen LogP contribution in [0.4, 0.5) is 0 Å². The van der Waals surface area contributed by atoms with Crippen molar-refractivity contribution in [3.8, 4) is 0 Å². The van der Waals surface area contributed by atoms with Crippen molar-refractivity contribution in [3.05, 3.63) is 35.9 Å². The molecule has 1 aromatic rings. The van der Waals surface area contributed by atoms with Crippen molar-refractivity contribution >= 4 is 5.91 Å². The molecular weight excluding hydrogens is 230 g/mol. The Labute approximate surface area is 108 Å². The largest absolute Gasteiger partial charge is 0.396 e. The Morgan fingerprint density at radius 2 is 1.89 bits per heavy atom. The Kier molecular flexibility index (Phi) is 7.06. The second-order valence-corrected chi connectivity index (χ2v) is 4.32. The van der Waals surface area contributed by atoms with Crippen molar-refractivity contribution in [2.24, 2.45) is 0 Å². The summed E-state index contributed by atoms with van der Waals surface area (Å²) >= 11 is 0. The molecule has 0 aliphatic heterocycles. The van der Waals surface area contributed by atoms with Crippen LogP contribution in [0, 0.1) is 0 Å². The van der Waals surface area contributed by atoms with Crippen LogP contribution in [0.2, 0.25) is 0 Å². The zero-order chi connectivity index (χ0) is 13.2. The van der Waals surface area contributed by atoms with Crippen molar-refractivity contribution < 1.29 is 15.0 Å². The number of carbonyl (C=O) groups excluding carboxylic acids is 1. The van der Waals surface area contributed by atoms with E-state index in [4.69, 9.17) is 5.11 Å². The molecule has 0 aliphatic carbocycles. The van der Waals surface area contributed by atoms with E-state index in [1.807, 2.05) is 30.3 Å². The first-order valence-corrected chi connectivity index (χ1v) is 6.31. The van der Waals surface area contributed by atoms with Crippen molar-refractivity contribution in [3.63, 3.8) is 0 Å². The third-order valence-corrected chi connectivity index (χ3v) is 2.72. The summed E-state index contributed by atoms with van der Waals surface area (Å²) in [6.45, 7) is 0.0430. The number of carbonyl (C=O) groups is 1. The molecule has 100 valence electrons. The second-order valence-electron chi connectivity index (χ2n) is 4.32. The number of aliphatic hydroxyl groups excluding tert-OH is 2. The smallest absolute Gasteiger partial charge is 0.220 e. The van der Waals surface area contributed by atoms with E-state index >= 15 is 0 Å². The summed E-state index contributed by atoms with van der Waals surface area (Å²) < 4.78 is 0. The van der Waals surface area contributed by atoms with Crippen molar-refractivity contribution in [2.75, 3.05) is 13.2 Å². The highest BCUT2D eigenvalue weighted by molar-refractivity contribution is 5.76. The van der Waals surface area contributed by atoms with Crippen molar-refractivity contribution in [1.82, 2.24) is 5.32 Å². The van der Waals surface area contributed by atoms with Gasteiger partial charge in [-0.05, 0) is 24.8 Å². The molecular formula is C14H21NO3. The number of aliphatic hydroxyl groups is 2. The number of unbranched alkanes of at least 4 members (excludes halogenated alkanes) is 1. The molecule has 1 atom stereocenters. The molecule has 0 bridgehead atoms. The van der Waals surface area contributed by atoms with Crippen LogP contribution in [0.3, 0.4) is 0 Å². The van der Waals surface area contributed by atoms with Crippen molar-refractivity contribution in [1.29, 1.82) is 0 Å². The van der Waals surface area contributed by atoms with Gasteiger partial charge in [0, 0.05) is 13.0 Å². The van der Waals surface area contributed by atoms with E-state index in [-0.39, 0.29) is 25.2 Å². The molecule has 18 heavy (non-hydrogen) atoms. The van der Waals surface area contributed by atoms with Gasteiger partial charge >= 0.3 is 0 Å². The number of amides is 1.